The maximum atomic E-state index is 9.68. The lowest BCUT2D eigenvalue weighted by molar-refractivity contribution is 0.124. The molecule has 0 saturated carbocycles. The van der Waals surface area contributed by atoms with Gasteiger partial charge in [-0.15, -0.1) is 0 Å². The lowest BCUT2D eigenvalue weighted by Crippen LogP contribution is -2.54. The topological polar surface area (TPSA) is 35.5 Å². The van der Waals surface area contributed by atoms with Gasteiger partial charge in [0, 0.05) is 6.54 Å². The summed E-state index contributed by atoms with van der Waals surface area (Å²) in [5.74, 6) is 0. The number of likely N-dealkylation sites (tertiary alicyclic amines) is 1. The second kappa shape index (κ2) is 5.25. The van der Waals surface area contributed by atoms with Crippen LogP contribution in [0.2, 0.25) is 5.02 Å². The second-order valence-electron chi connectivity index (χ2n) is 4.88. The van der Waals surface area contributed by atoms with Crippen molar-refractivity contribution in [1.29, 1.82) is 0 Å². The number of aliphatic hydroxyl groups excluding tert-OH is 1. The minimum Gasteiger partial charge on any atom is -0.394 e. The molecular formula is C13H19ClN2O. The minimum atomic E-state index is -0.266. The summed E-state index contributed by atoms with van der Waals surface area (Å²) >= 11 is 6.14. The molecule has 94 valence electrons. The zero-order chi connectivity index (χ0) is 12.3. The van der Waals surface area contributed by atoms with Gasteiger partial charge in [-0.25, -0.2) is 0 Å². The van der Waals surface area contributed by atoms with Crippen LogP contribution in [0.3, 0.4) is 0 Å². The molecule has 0 aromatic heterocycles. The third kappa shape index (κ3) is 2.92. The van der Waals surface area contributed by atoms with Gasteiger partial charge in [-0.3, -0.25) is 0 Å². The highest BCUT2D eigenvalue weighted by Crippen LogP contribution is 2.29. The first-order valence-electron chi connectivity index (χ1n) is 5.97. The summed E-state index contributed by atoms with van der Waals surface area (Å²) in [6, 6.07) is 7.67. The number of anilines is 1. The highest BCUT2D eigenvalue weighted by Gasteiger charge is 2.33. The quantitative estimate of drug-likeness (QED) is 0.868. The van der Waals surface area contributed by atoms with Gasteiger partial charge in [0.1, 0.15) is 0 Å². The molecule has 1 saturated heterocycles. The molecule has 17 heavy (non-hydrogen) atoms. The van der Waals surface area contributed by atoms with Crippen LogP contribution in [0.1, 0.15) is 12.8 Å². The van der Waals surface area contributed by atoms with Gasteiger partial charge < -0.3 is 15.3 Å². The lowest BCUT2D eigenvalue weighted by atomic mass is 9.89. The zero-order valence-electron chi connectivity index (χ0n) is 10.1. The van der Waals surface area contributed by atoms with Crippen LogP contribution in [0, 0.1) is 0 Å². The molecule has 1 atom stereocenters. The molecule has 0 radical (unpaired) electrons. The highest BCUT2D eigenvalue weighted by atomic mass is 35.5. The molecule has 1 fully saturated rings. The maximum Gasteiger partial charge on any atom is 0.0731 e. The van der Waals surface area contributed by atoms with Crippen molar-refractivity contribution < 1.29 is 5.11 Å². The Balaban J connectivity index is 2.17. The number of rotatable bonds is 3. The first-order valence-corrected chi connectivity index (χ1v) is 6.35. The summed E-state index contributed by atoms with van der Waals surface area (Å²) in [6.45, 7) is 2.06. The first kappa shape index (κ1) is 12.7. The molecule has 2 rings (SSSR count). The van der Waals surface area contributed by atoms with Crippen LogP contribution in [-0.4, -0.2) is 42.3 Å². The van der Waals surface area contributed by atoms with Gasteiger partial charge in [-0.2, -0.15) is 0 Å². The fraction of sp³-hybridized carbons (Fsp3) is 0.538. The third-order valence-corrected chi connectivity index (χ3v) is 3.67. The number of nitrogens with zero attached hydrogens (tertiary/aromatic N) is 1. The van der Waals surface area contributed by atoms with Gasteiger partial charge in [0.05, 0.1) is 22.9 Å². The Labute approximate surface area is 107 Å². The van der Waals surface area contributed by atoms with E-state index in [1.165, 1.54) is 0 Å². The number of aliphatic hydroxyl groups is 1. The molecule has 0 bridgehead atoms. The van der Waals surface area contributed by atoms with Gasteiger partial charge in [0.15, 0.2) is 0 Å². The maximum absolute atomic E-state index is 9.68. The van der Waals surface area contributed by atoms with E-state index in [2.05, 4.69) is 17.3 Å². The number of hydrogen-bond donors (Lipinski definition) is 2. The van der Waals surface area contributed by atoms with Gasteiger partial charge in [0.25, 0.3) is 0 Å². The van der Waals surface area contributed by atoms with Crippen molar-refractivity contribution in [1.82, 2.24) is 4.90 Å². The van der Waals surface area contributed by atoms with Crippen molar-refractivity contribution in [2.75, 3.05) is 32.1 Å². The van der Waals surface area contributed by atoms with Crippen molar-refractivity contribution >= 4 is 17.3 Å². The molecule has 1 unspecified atom stereocenters. The van der Waals surface area contributed by atoms with Crippen molar-refractivity contribution in [3.05, 3.63) is 29.3 Å². The van der Waals surface area contributed by atoms with Crippen molar-refractivity contribution in [2.24, 2.45) is 0 Å². The van der Waals surface area contributed by atoms with Crippen LogP contribution in [0.4, 0.5) is 5.69 Å². The fourth-order valence-corrected chi connectivity index (χ4v) is 2.66. The smallest absolute Gasteiger partial charge is 0.0731 e. The standard InChI is InChI=1S/C13H19ClN2O/c1-16-8-4-7-13(9-16,10-17)15-12-6-3-2-5-11(12)14/h2-3,5-6,15,17H,4,7-10H2,1H3. The lowest BCUT2D eigenvalue weighted by Gasteiger charge is -2.41. The predicted molar refractivity (Wildman–Crippen MR) is 71.6 cm³/mol. The van der Waals surface area contributed by atoms with Crippen LogP contribution in [0.5, 0.6) is 0 Å². The summed E-state index contributed by atoms with van der Waals surface area (Å²) in [7, 11) is 2.08. The Hall–Kier alpha value is -0.770. The van der Waals surface area contributed by atoms with Crippen LogP contribution < -0.4 is 5.32 Å². The summed E-state index contributed by atoms with van der Waals surface area (Å²) in [4.78, 5) is 2.24. The Morgan fingerprint density at radius 3 is 2.88 bits per heavy atom. The SMILES string of the molecule is CN1CCCC(CO)(Nc2ccccc2Cl)C1. The van der Waals surface area contributed by atoms with Crippen LogP contribution in [0.15, 0.2) is 24.3 Å². The molecule has 0 amide bonds. The van der Waals surface area contributed by atoms with Gasteiger partial charge in [-0.1, -0.05) is 23.7 Å². The Kier molecular flexibility index (Phi) is 3.92. The van der Waals surface area contributed by atoms with Crippen LogP contribution in [0.25, 0.3) is 0 Å². The molecule has 3 nitrogen and oxygen atoms in total. The van der Waals surface area contributed by atoms with Gasteiger partial charge >= 0.3 is 0 Å². The van der Waals surface area contributed by atoms with E-state index in [-0.39, 0.29) is 12.1 Å². The van der Waals surface area contributed by atoms with Crippen molar-refractivity contribution in [3.63, 3.8) is 0 Å². The molecule has 1 aromatic rings. The molecule has 0 spiro atoms. The predicted octanol–water partition coefficient (Wildman–Crippen LogP) is 2.21. The number of piperidine rings is 1. The number of para-hydroxylation sites is 1. The number of likely N-dealkylation sites (N-methyl/N-ethyl adjacent to an activating group) is 1. The van der Waals surface area contributed by atoms with Gasteiger partial charge in [-0.05, 0) is 38.6 Å². The van der Waals surface area contributed by atoms with Crippen molar-refractivity contribution in [3.8, 4) is 0 Å². The third-order valence-electron chi connectivity index (χ3n) is 3.34. The molecule has 1 aliphatic rings. The van der Waals surface area contributed by atoms with E-state index in [0.717, 1.165) is 31.6 Å². The molecule has 4 heteroatoms. The summed E-state index contributed by atoms with van der Waals surface area (Å²) in [6.07, 6.45) is 2.06. The molecule has 1 aromatic carbocycles. The fourth-order valence-electron chi connectivity index (χ4n) is 2.48. The first-order chi connectivity index (χ1) is 8.15. The number of benzene rings is 1. The molecule has 1 aliphatic heterocycles. The minimum absolute atomic E-state index is 0.128. The Bertz CT molecular complexity index is 385. The van der Waals surface area contributed by atoms with Crippen molar-refractivity contribution in [2.45, 2.75) is 18.4 Å². The summed E-state index contributed by atoms with van der Waals surface area (Å²) < 4.78 is 0. The molecular weight excluding hydrogens is 236 g/mol. The van der Waals surface area contributed by atoms with Crippen LogP contribution >= 0.6 is 11.6 Å². The number of hydrogen-bond acceptors (Lipinski definition) is 3. The number of halogens is 1. The van der Waals surface area contributed by atoms with Crippen LogP contribution in [-0.2, 0) is 0 Å². The van der Waals surface area contributed by atoms with Gasteiger partial charge in [0.2, 0.25) is 0 Å². The summed E-state index contributed by atoms with van der Waals surface area (Å²) in [5, 5.41) is 13.8. The molecule has 2 N–H and O–H groups in total. The van der Waals surface area contributed by atoms with E-state index < -0.39 is 0 Å². The second-order valence-corrected chi connectivity index (χ2v) is 5.29. The zero-order valence-corrected chi connectivity index (χ0v) is 10.9. The Morgan fingerprint density at radius 1 is 1.47 bits per heavy atom. The molecule has 0 aliphatic carbocycles. The highest BCUT2D eigenvalue weighted by molar-refractivity contribution is 6.33. The monoisotopic (exact) mass is 254 g/mol. The Morgan fingerprint density at radius 2 is 2.24 bits per heavy atom. The van der Waals surface area contributed by atoms with E-state index in [1.807, 2.05) is 24.3 Å². The molecule has 1 heterocycles. The average molecular weight is 255 g/mol. The summed E-state index contributed by atoms with van der Waals surface area (Å²) in [5.41, 5.74) is 0.636. The number of nitrogens with one attached hydrogen (secondary N) is 1. The van der Waals surface area contributed by atoms with E-state index in [1.54, 1.807) is 0 Å². The van der Waals surface area contributed by atoms with E-state index in [4.69, 9.17) is 11.6 Å². The average Bonchev–Trinajstić information content (AvgIpc) is 2.32. The largest absolute Gasteiger partial charge is 0.394 e. The van der Waals surface area contributed by atoms with E-state index >= 15 is 0 Å². The van der Waals surface area contributed by atoms with E-state index in [9.17, 15) is 5.11 Å². The normalized spacial score (nSPS) is 25.8. The van der Waals surface area contributed by atoms with E-state index in [0.29, 0.717) is 5.02 Å².